The normalized spacial score (nSPS) is 24.5. The van der Waals surface area contributed by atoms with Crippen LogP contribution in [-0.4, -0.2) is 97.5 Å². The van der Waals surface area contributed by atoms with Gasteiger partial charge in [-0.15, -0.1) is 0 Å². The van der Waals surface area contributed by atoms with Crippen molar-refractivity contribution in [3.8, 4) is 0 Å². The van der Waals surface area contributed by atoms with Gasteiger partial charge >= 0.3 is 18.4 Å². The fraction of sp³-hybridized carbons (Fsp3) is 0.800. The minimum absolute atomic E-state index is 0.0320. The number of alkyl halides is 6. The van der Waals surface area contributed by atoms with Crippen LogP contribution in [0.2, 0.25) is 0 Å². The number of rotatable bonds is 8. The summed E-state index contributed by atoms with van der Waals surface area (Å²) in [6, 6.07) is 0.0998. The van der Waals surface area contributed by atoms with Gasteiger partial charge in [0.2, 0.25) is 0 Å². The molecule has 3 fully saturated rings. The third kappa shape index (κ3) is 6.60. The first kappa shape index (κ1) is 26.2. The van der Waals surface area contributed by atoms with Gasteiger partial charge in [-0.05, 0) is 31.6 Å². The van der Waals surface area contributed by atoms with Crippen molar-refractivity contribution in [1.82, 2.24) is 15.1 Å². The van der Waals surface area contributed by atoms with E-state index in [0.29, 0.717) is 26.2 Å². The zero-order valence-corrected chi connectivity index (χ0v) is 18.5. The highest BCUT2D eigenvalue weighted by atomic mass is 19.4. The predicted octanol–water partition coefficient (Wildman–Crippen LogP) is 2.49. The van der Waals surface area contributed by atoms with E-state index in [1.807, 2.05) is 11.8 Å². The summed E-state index contributed by atoms with van der Waals surface area (Å²) in [6.07, 6.45) is -14.0. The number of aliphatic imine (C=N–C) groups is 1. The number of hydrogen-bond donors (Lipinski definition) is 2. The zero-order chi connectivity index (χ0) is 25.3. The molecule has 3 atom stereocenters. The zero-order valence-electron chi connectivity index (χ0n) is 18.5. The van der Waals surface area contributed by atoms with E-state index in [2.05, 4.69) is 15.0 Å². The minimum atomic E-state index is -5.76. The van der Waals surface area contributed by atoms with Crippen molar-refractivity contribution in [3.63, 3.8) is 0 Å². The molecule has 2 saturated heterocycles. The molecule has 0 radical (unpaired) electrons. The number of ether oxygens (including phenoxy) is 1. The fourth-order valence-corrected chi connectivity index (χ4v) is 4.27. The molecule has 1 saturated carbocycles. The molecule has 3 rings (SSSR count). The van der Waals surface area contributed by atoms with E-state index in [-0.39, 0.29) is 36.7 Å². The van der Waals surface area contributed by atoms with Crippen LogP contribution in [0.5, 0.6) is 0 Å². The Morgan fingerprint density at radius 3 is 2.12 bits per heavy atom. The Hall–Kier alpha value is -2.38. The first-order valence-corrected chi connectivity index (χ1v) is 11.0. The van der Waals surface area contributed by atoms with Gasteiger partial charge in [0, 0.05) is 51.5 Å². The monoisotopic (exact) mass is 499 g/mol. The lowest BCUT2D eigenvalue weighted by Crippen LogP contribution is -2.48. The molecule has 0 spiro atoms. The Morgan fingerprint density at radius 1 is 1.09 bits per heavy atom. The number of fused-ring (bicyclic) bond motifs is 1. The number of carbonyl (C=O) groups excluding carboxylic acids is 2. The van der Waals surface area contributed by atoms with Gasteiger partial charge < -0.3 is 19.9 Å². The first-order chi connectivity index (χ1) is 15.8. The summed E-state index contributed by atoms with van der Waals surface area (Å²) < 4.78 is 79.8. The average molecular weight is 499 g/mol. The summed E-state index contributed by atoms with van der Waals surface area (Å²) in [6.45, 7) is 3.40. The van der Waals surface area contributed by atoms with Crippen LogP contribution in [-0.2, 0) is 9.53 Å². The van der Waals surface area contributed by atoms with Crippen molar-refractivity contribution in [2.45, 2.75) is 44.3 Å². The van der Waals surface area contributed by atoms with Crippen LogP contribution in [0.3, 0.4) is 0 Å². The molecule has 3 aliphatic rings. The maximum Gasteiger partial charge on any atom is 0.434 e. The van der Waals surface area contributed by atoms with Gasteiger partial charge in [0.1, 0.15) is 5.71 Å². The van der Waals surface area contributed by atoms with E-state index in [1.165, 1.54) is 0 Å². The van der Waals surface area contributed by atoms with Crippen LogP contribution in [0, 0.1) is 23.2 Å². The molecule has 0 aromatic heterocycles. The van der Waals surface area contributed by atoms with Crippen molar-refractivity contribution >= 4 is 23.9 Å². The topological polar surface area (TPSA) is 98.1 Å². The van der Waals surface area contributed by atoms with Crippen molar-refractivity contribution in [3.05, 3.63) is 0 Å². The molecule has 8 nitrogen and oxygen atoms in total. The molecule has 2 heterocycles. The molecule has 14 heteroatoms. The Kier molecular flexibility index (Phi) is 7.78. The van der Waals surface area contributed by atoms with E-state index in [4.69, 9.17) is 5.41 Å². The van der Waals surface area contributed by atoms with Crippen LogP contribution < -0.4 is 5.32 Å². The van der Waals surface area contributed by atoms with Crippen molar-refractivity contribution < 1.29 is 40.7 Å². The second-order valence-electron chi connectivity index (χ2n) is 8.91. The largest absolute Gasteiger partial charge is 0.434 e. The number of nitrogens with one attached hydrogen (secondary N) is 2. The van der Waals surface area contributed by atoms with Gasteiger partial charge in [-0.25, -0.2) is 4.79 Å². The lowest BCUT2D eigenvalue weighted by atomic mass is 10.0. The van der Waals surface area contributed by atoms with E-state index >= 15 is 0 Å². The maximum absolute atomic E-state index is 12.7. The highest BCUT2D eigenvalue weighted by Crippen LogP contribution is 2.37. The second kappa shape index (κ2) is 10.1. The van der Waals surface area contributed by atoms with E-state index in [0.717, 1.165) is 17.7 Å². The van der Waals surface area contributed by atoms with Gasteiger partial charge in [-0.2, -0.15) is 26.3 Å². The van der Waals surface area contributed by atoms with Gasteiger partial charge in [-0.3, -0.25) is 15.2 Å². The summed E-state index contributed by atoms with van der Waals surface area (Å²) >= 11 is 0. The van der Waals surface area contributed by atoms with Crippen LogP contribution in [0.4, 0.5) is 31.1 Å². The Labute approximate surface area is 192 Å². The molecule has 0 aromatic rings. The molecular formula is C20H27F6N5O3. The Bertz CT molecular complexity index is 786. The third-order valence-electron chi connectivity index (χ3n) is 6.08. The third-order valence-corrected chi connectivity index (χ3v) is 6.08. The second-order valence-corrected chi connectivity index (χ2v) is 8.91. The summed E-state index contributed by atoms with van der Waals surface area (Å²) in [5, 5.41) is 11.0. The van der Waals surface area contributed by atoms with Crippen LogP contribution in [0.1, 0.15) is 19.8 Å². The summed E-state index contributed by atoms with van der Waals surface area (Å²) in [4.78, 5) is 31.3. The van der Waals surface area contributed by atoms with Crippen LogP contribution in [0.25, 0.3) is 0 Å². The van der Waals surface area contributed by atoms with Crippen molar-refractivity contribution in [2.24, 2.45) is 22.7 Å². The number of amides is 2. The number of hydrogen-bond acceptors (Lipinski definition) is 6. The highest BCUT2D eigenvalue weighted by molar-refractivity contribution is 6.41. The van der Waals surface area contributed by atoms with E-state index in [1.54, 1.807) is 6.21 Å². The van der Waals surface area contributed by atoms with Gasteiger partial charge in [-0.1, -0.05) is 0 Å². The number of halogens is 6. The standard InChI is InChI=1S/C20H27F6N5O3/c1-2-28-5-11(15(27)16(32)29-14-3-4-14)6-30-7-12-9-31(10-13(12)8-30)18(33)34-17(19(21,22)23)20(24,25)26/h5,11-14,17,27H,2-4,6-10H2,1H3,(H,29,32). The van der Waals surface area contributed by atoms with Gasteiger partial charge in [0.15, 0.2) is 0 Å². The number of carbonyl (C=O) groups is 2. The quantitative estimate of drug-likeness (QED) is 0.396. The average Bonchev–Trinajstić information content (AvgIpc) is 3.32. The summed E-state index contributed by atoms with van der Waals surface area (Å²) in [7, 11) is 0. The van der Waals surface area contributed by atoms with Gasteiger partial charge in [0.25, 0.3) is 12.0 Å². The molecule has 2 N–H and O–H groups in total. The van der Waals surface area contributed by atoms with E-state index < -0.39 is 36.4 Å². The molecule has 3 unspecified atom stereocenters. The number of likely N-dealkylation sites (tertiary alicyclic amines) is 2. The molecule has 1 aliphatic carbocycles. The predicted molar refractivity (Wildman–Crippen MR) is 109 cm³/mol. The van der Waals surface area contributed by atoms with Crippen molar-refractivity contribution in [2.75, 3.05) is 39.3 Å². The Morgan fingerprint density at radius 2 is 1.65 bits per heavy atom. The molecule has 192 valence electrons. The maximum atomic E-state index is 12.7. The molecule has 2 amide bonds. The lowest BCUT2D eigenvalue weighted by molar-refractivity contribution is -0.308. The smallest absolute Gasteiger partial charge is 0.426 e. The molecule has 2 aliphatic heterocycles. The van der Waals surface area contributed by atoms with Crippen molar-refractivity contribution in [1.29, 1.82) is 5.41 Å². The van der Waals surface area contributed by atoms with E-state index in [9.17, 15) is 35.9 Å². The molecule has 34 heavy (non-hydrogen) atoms. The highest BCUT2D eigenvalue weighted by Gasteiger charge is 2.60. The first-order valence-electron chi connectivity index (χ1n) is 11.0. The molecule has 0 aromatic carbocycles. The summed E-state index contributed by atoms with van der Waals surface area (Å²) in [5.74, 6) is -1.34. The van der Waals surface area contributed by atoms with Crippen LogP contribution in [0.15, 0.2) is 4.99 Å². The molecule has 0 bridgehead atoms. The summed E-state index contributed by atoms with van der Waals surface area (Å²) in [5.41, 5.74) is -0.114. The fourth-order valence-electron chi connectivity index (χ4n) is 4.27. The van der Waals surface area contributed by atoms with Crippen LogP contribution >= 0.6 is 0 Å². The molecular weight excluding hydrogens is 472 g/mol. The number of nitrogens with zero attached hydrogens (tertiary/aromatic N) is 3. The Balaban J connectivity index is 1.54. The SMILES string of the molecule is CCN=CC(CN1CC2CN(C(=O)OC(C(F)(F)F)C(F)(F)F)CC2C1)C(=N)C(=O)NC1CC1. The lowest BCUT2D eigenvalue weighted by Gasteiger charge is -2.27. The van der Waals surface area contributed by atoms with Gasteiger partial charge in [0.05, 0.1) is 5.92 Å². The minimum Gasteiger partial charge on any atom is -0.426 e.